The lowest BCUT2D eigenvalue weighted by Gasteiger charge is -2.31. The van der Waals surface area contributed by atoms with E-state index in [4.69, 9.17) is 14.2 Å². The maximum Gasteiger partial charge on any atom is 0.362 e. The molecule has 2 atom stereocenters. The molecule has 0 aromatic carbocycles. The van der Waals surface area contributed by atoms with Crippen LogP contribution < -0.4 is 0 Å². The van der Waals surface area contributed by atoms with Gasteiger partial charge in [0.15, 0.2) is 12.1 Å². The third-order valence-corrected chi connectivity index (χ3v) is 12.7. The molecule has 8 nitrogen and oxygen atoms in total. The maximum absolute atomic E-state index is 12.8. The zero-order valence-corrected chi connectivity index (χ0v) is 42.6. The molecule has 372 valence electrons. The van der Waals surface area contributed by atoms with Gasteiger partial charge >= 0.3 is 17.9 Å². The number of ether oxygens (including phenoxy) is 3. The Bertz CT molecular complexity index is 1040. The van der Waals surface area contributed by atoms with Crippen molar-refractivity contribution in [1.82, 2.24) is 0 Å². The van der Waals surface area contributed by atoms with Crippen LogP contribution in [0.5, 0.6) is 0 Å². The highest BCUT2D eigenvalue weighted by molar-refractivity contribution is 5.72. The summed E-state index contributed by atoms with van der Waals surface area (Å²) in [5.41, 5.74) is 0. The van der Waals surface area contributed by atoms with E-state index >= 15 is 0 Å². The van der Waals surface area contributed by atoms with E-state index in [1.165, 1.54) is 199 Å². The van der Waals surface area contributed by atoms with Crippen molar-refractivity contribution in [2.45, 2.75) is 283 Å². The van der Waals surface area contributed by atoms with Crippen molar-refractivity contribution in [3.63, 3.8) is 0 Å². The average molecular weight is 893 g/mol. The van der Waals surface area contributed by atoms with Crippen LogP contribution in [0.15, 0.2) is 12.2 Å². The van der Waals surface area contributed by atoms with Crippen molar-refractivity contribution >= 4 is 17.9 Å². The van der Waals surface area contributed by atoms with Gasteiger partial charge < -0.3 is 23.8 Å². The highest BCUT2D eigenvalue weighted by atomic mass is 16.6. The van der Waals surface area contributed by atoms with Crippen molar-refractivity contribution in [1.29, 1.82) is 0 Å². The van der Waals surface area contributed by atoms with Crippen molar-refractivity contribution in [3.8, 4) is 0 Å². The number of carbonyl (C=O) groups is 3. The molecule has 0 fully saturated rings. The number of nitrogens with zero attached hydrogens (tertiary/aromatic N) is 1. The number of allylic oxidation sites excluding steroid dienone is 2. The number of quaternary nitrogens is 1. The number of hydrogen-bond donors (Lipinski definition) is 1. The van der Waals surface area contributed by atoms with Gasteiger partial charge in [0.2, 0.25) is 0 Å². The first-order valence-electron chi connectivity index (χ1n) is 27.2. The van der Waals surface area contributed by atoms with Crippen LogP contribution in [0.25, 0.3) is 0 Å². The number of likely N-dealkylation sites (N-methyl/N-ethyl adjacent to an activating group) is 1. The van der Waals surface area contributed by atoms with E-state index in [0.717, 1.165) is 38.5 Å². The van der Waals surface area contributed by atoms with E-state index in [1.54, 1.807) is 0 Å². The second-order valence-electron chi connectivity index (χ2n) is 19.8. The molecule has 63 heavy (non-hydrogen) atoms. The predicted molar refractivity (Wildman–Crippen MR) is 266 cm³/mol. The van der Waals surface area contributed by atoms with Gasteiger partial charge in [0.25, 0.3) is 0 Å². The molecule has 0 radical (unpaired) electrons. The van der Waals surface area contributed by atoms with Gasteiger partial charge in [-0.05, 0) is 38.5 Å². The van der Waals surface area contributed by atoms with Gasteiger partial charge in [-0.25, -0.2) is 4.79 Å². The summed E-state index contributed by atoms with van der Waals surface area (Å²) in [6, 6.07) is -0.612. The lowest BCUT2D eigenvalue weighted by atomic mass is 10.0. The highest BCUT2D eigenvalue weighted by Gasteiger charge is 2.31. The van der Waals surface area contributed by atoms with Crippen LogP contribution in [-0.2, 0) is 28.6 Å². The molecule has 1 N–H and O–H groups in total. The fourth-order valence-electron chi connectivity index (χ4n) is 8.44. The quantitative estimate of drug-likeness (QED) is 0.0281. The SMILES string of the molecule is CCCCCCCC/C=C\CCCCCCCCCC(=O)OC(COCCC(C(=O)O)[N+](C)(C)C)COC(=O)CCCCCCCCCCCCCCCCCCCCCCCC. The number of esters is 2. The summed E-state index contributed by atoms with van der Waals surface area (Å²) in [7, 11) is 5.55. The molecule has 0 aliphatic rings. The van der Waals surface area contributed by atoms with Gasteiger partial charge in [-0.2, -0.15) is 0 Å². The van der Waals surface area contributed by atoms with Gasteiger partial charge in [-0.15, -0.1) is 0 Å². The largest absolute Gasteiger partial charge is 0.477 e. The summed E-state index contributed by atoms with van der Waals surface area (Å²) in [5, 5.41) is 9.66. The Morgan fingerprint density at radius 2 is 0.794 bits per heavy atom. The molecule has 0 spiro atoms. The number of carboxylic acid groups (broad SMARTS) is 1. The molecule has 0 rings (SSSR count). The molecular weight excluding hydrogens is 787 g/mol. The summed E-state index contributed by atoms with van der Waals surface area (Å²) in [5.74, 6) is -1.45. The van der Waals surface area contributed by atoms with Gasteiger partial charge in [-0.1, -0.05) is 225 Å². The highest BCUT2D eigenvalue weighted by Crippen LogP contribution is 2.17. The molecule has 8 heteroatoms. The Hall–Kier alpha value is -1.93. The van der Waals surface area contributed by atoms with Crippen LogP contribution in [0.1, 0.15) is 271 Å². The molecular formula is C55H106NO7+. The third kappa shape index (κ3) is 45.0. The molecule has 0 aliphatic heterocycles. The van der Waals surface area contributed by atoms with Crippen LogP contribution in [0.3, 0.4) is 0 Å². The van der Waals surface area contributed by atoms with Crippen LogP contribution in [0.4, 0.5) is 0 Å². The third-order valence-electron chi connectivity index (χ3n) is 12.7. The standard InChI is InChI=1S/C55H105NO7/c1-6-8-10-12-14-16-18-20-22-24-25-26-27-28-30-31-33-35-37-39-41-43-45-53(57)62-50-51(49-61-48-47-52(55(59)60)56(3,4)5)63-54(58)46-44-42-40-38-36-34-32-29-23-21-19-17-15-13-11-9-7-2/h21,23,51-52H,6-20,22,24-50H2,1-5H3/p+1/b23-21-. The van der Waals surface area contributed by atoms with Crippen LogP contribution in [0, 0.1) is 0 Å². The molecule has 0 aromatic heterocycles. The van der Waals surface area contributed by atoms with Crippen molar-refractivity contribution in [3.05, 3.63) is 12.2 Å². The molecule has 0 saturated heterocycles. The number of hydrogen-bond acceptors (Lipinski definition) is 6. The van der Waals surface area contributed by atoms with E-state index in [0.29, 0.717) is 19.3 Å². The number of carbonyl (C=O) groups excluding carboxylic acids is 2. The Kier molecular flexibility index (Phi) is 45.2. The minimum atomic E-state index is -0.871. The van der Waals surface area contributed by atoms with E-state index in [-0.39, 0.29) is 36.2 Å². The Balaban J connectivity index is 4.15. The number of aliphatic carboxylic acids is 1. The molecule has 0 aliphatic carbocycles. The number of unbranched alkanes of at least 4 members (excludes halogenated alkanes) is 34. The summed E-state index contributed by atoms with van der Waals surface area (Å²) < 4.78 is 17.4. The first-order chi connectivity index (χ1) is 30.6. The van der Waals surface area contributed by atoms with Crippen molar-refractivity contribution < 1.29 is 38.2 Å². The Morgan fingerprint density at radius 1 is 0.460 bits per heavy atom. The van der Waals surface area contributed by atoms with E-state index < -0.39 is 18.1 Å². The molecule has 2 unspecified atom stereocenters. The molecule has 0 heterocycles. The number of rotatable bonds is 50. The first-order valence-corrected chi connectivity index (χ1v) is 27.2. The summed E-state index contributed by atoms with van der Waals surface area (Å²) >= 11 is 0. The lowest BCUT2D eigenvalue weighted by Crippen LogP contribution is -2.50. The Morgan fingerprint density at radius 3 is 1.14 bits per heavy atom. The van der Waals surface area contributed by atoms with E-state index in [2.05, 4.69) is 26.0 Å². The minimum absolute atomic E-state index is 0.0458. The van der Waals surface area contributed by atoms with Gasteiger partial charge in [0, 0.05) is 19.3 Å². The Labute approximate surface area is 390 Å². The van der Waals surface area contributed by atoms with Gasteiger partial charge in [0.1, 0.15) is 6.61 Å². The first kappa shape index (κ1) is 61.1. The number of carboxylic acids is 1. The van der Waals surface area contributed by atoms with Gasteiger partial charge in [-0.3, -0.25) is 9.59 Å². The fraction of sp³-hybridized carbons (Fsp3) is 0.909. The summed E-state index contributed by atoms with van der Waals surface area (Å²) in [6.45, 7) is 4.78. The zero-order chi connectivity index (χ0) is 46.3. The predicted octanol–water partition coefficient (Wildman–Crippen LogP) is 15.8. The second kappa shape index (κ2) is 46.6. The van der Waals surface area contributed by atoms with Crippen LogP contribution in [-0.4, -0.2) is 80.6 Å². The van der Waals surface area contributed by atoms with Crippen molar-refractivity contribution in [2.75, 3.05) is 41.0 Å². The molecule has 0 saturated carbocycles. The average Bonchev–Trinajstić information content (AvgIpc) is 3.24. The fourth-order valence-corrected chi connectivity index (χ4v) is 8.44. The smallest absolute Gasteiger partial charge is 0.362 e. The lowest BCUT2D eigenvalue weighted by molar-refractivity contribution is -0.887. The topological polar surface area (TPSA) is 99.1 Å². The minimum Gasteiger partial charge on any atom is -0.477 e. The monoisotopic (exact) mass is 893 g/mol. The second-order valence-corrected chi connectivity index (χ2v) is 19.8. The summed E-state index contributed by atoms with van der Waals surface area (Å²) in [6.07, 6.45) is 52.7. The summed E-state index contributed by atoms with van der Waals surface area (Å²) in [4.78, 5) is 37.2. The van der Waals surface area contributed by atoms with Crippen molar-refractivity contribution in [2.24, 2.45) is 0 Å². The van der Waals surface area contributed by atoms with Crippen LogP contribution in [0.2, 0.25) is 0 Å². The normalized spacial score (nSPS) is 12.8. The van der Waals surface area contributed by atoms with E-state index in [9.17, 15) is 19.5 Å². The molecule has 0 aromatic rings. The van der Waals surface area contributed by atoms with E-state index in [1.807, 2.05) is 21.1 Å². The maximum atomic E-state index is 12.8. The van der Waals surface area contributed by atoms with Gasteiger partial charge in [0.05, 0.1) is 34.4 Å². The molecule has 0 amide bonds. The molecule has 0 bridgehead atoms. The zero-order valence-electron chi connectivity index (χ0n) is 42.6. The van der Waals surface area contributed by atoms with Crippen LogP contribution >= 0.6 is 0 Å².